The molecule has 0 radical (unpaired) electrons. The van der Waals surface area contributed by atoms with Gasteiger partial charge in [-0.2, -0.15) is 17.0 Å². The second kappa shape index (κ2) is 8.21. The first-order valence-corrected chi connectivity index (χ1v) is 10.7. The molecule has 1 aromatic carbocycles. The summed E-state index contributed by atoms with van der Waals surface area (Å²) in [5.41, 5.74) is -0.0821. The second-order valence-electron chi connectivity index (χ2n) is 6.64. The highest BCUT2D eigenvalue weighted by molar-refractivity contribution is 7.86. The summed E-state index contributed by atoms with van der Waals surface area (Å²) in [6, 6.07) is 3.86. The molecule has 0 bridgehead atoms. The fourth-order valence-corrected chi connectivity index (χ4v) is 5.23. The van der Waals surface area contributed by atoms with Gasteiger partial charge in [-0.05, 0) is 31.0 Å². The molecule has 9 heteroatoms. The SMILES string of the molecule is O=C(c1cc(Cl)ccc1F)N1CCN(S(=O)(=O)N2CCCCCC2)CC1. The van der Waals surface area contributed by atoms with Crippen LogP contribution in [0.3, 0.4) is 0 Å². The molecule has 1 amide bonds. The minimum Gasteiger partial charge on any atom is -0.336 e. The summed E-state index contributed by atoms with van der Waals surface area (Å²) in [4.78, 5) is 14.0. The van der Waals surface area contributed by atoms with Gasteiger partial charge in [0, 0.05) is 44.3 Å². The van der Waals surface area contributed by atoms with Crippen LogP contribution in [-0.4, -0.2) is 67.1 Å². The Morgan fingerprint density at radius 1 is 0.923 bits per heavy atom. The normalized spacial score (nSPS) is 20.8. The Balaban J connectivity index is 1.65. The number of carbonyl (C=O) groups is 1. The van der Waals surface area contributed by atoms with Crippen molar-refractivity contribution >= 4 is 27.7 Å². The predicted molar refractivity (Wildman–Crippen MR) is 97.8 cm³/mol. The van der Waals surface area contributed by atoms with Crippen molar-refractivity contribution < 1.29 is 17.6 Å². The van der Waals surface area contributed by atoms with Gasteiger partial charge < -0.3 is 4.90 Å². The molecule has 0 saturated carbocycles. The van der Waals surface area contributed by atoms with Gasteiger partial charge in [0.05, 0.1) is 5.56 Å². The second-order valence-corrected chi connectivity index (χ2v) is 9.00. The third-order valence-electron chi connectivity index (χ3n) is 4.90. The third kappa shape index (κ3) is 4.19. The monoisotopic (exact) mass is 403 g/mol. The Morgan fingerprint density at radius 3 is 2.12 bits per heavy atom. The molecular weight excluding hydrogens is 381 g/mol. The maximum atomic E-state index is 13.9. The number of amides is 1. The number of nitrogens with zero attached hydrogens (tertiary/aromatic N) is 3. The van der Waals surface area contributed by atoms with Crippen LogP contribution in [0.15, 0.2) is 18.2 Å². The standard InChI is InChI=1S/C17H23ClFN3O3S/c18-14-5-6-16(19)15(13-14)17(23)20-9-11-22(12-10-20)26(24,25)21-7-3-1-2-4-8-21/h5-6,13H,1-4,7-12H2. The Morgan fingerprint density at radius 2 is 1.50 bits per heavy atom. The van der Waals surface area contributed by atoms with Crippen LogP contribution in [0.4, 0.5) is 4.39 Å². The average Bonchev–Trinajstić information content (AvgIpc) is 2.93. The van der Waals surface area contributed by atoms with Crippen LogP contribution in [0.2, 0.25) is 5.02 Å². The summed E-state index contributed by atoms with van der Waals surface area (Å²) in [6.07, 6.45) is 3.87. The minimum atomic E-state index is -3.50. The molecule has 2 fully saturated rings. The highest BCUT2D eigenvalue weighted by Crippen LogP contribution is 2.20. The number of benzene rings is 1. The molecule has 26 heavy (non-hydrogen) atoms. The Hall–Kier alpha value is -1.22. The third-order valence-corrected chi connectivity index (χ3v) is 7.17. The van der Waals surface area contributed by atoms with E-state index in [-0.39, 0.29) is 36.8 Å². The zero-order valence-electron chi connectivity index (χ0n) is 14.5. The van der Waals surface area contributed by atoms with E-state index in [1.165, 1.54) is 21.3 Å². The highest BCUT2D eigenvalue weighted by atomic mass is 35.5. The summed E-state index contributed by atoms with van der Waals surface area (Å²) in [5.74, 6) is -1.09. The van der Waals surface area contributed by atoms with Gasteiger partial charge in [-0.25, -0.2) is 4.39 Å². The maximum absolute atomic E-state index is 13.9. The zero-order chi connectivity index (χ0) is 18.7. The van der Waals surface area contributed by atoms with Crippen molar-refractivity contribution in [3.05, 3.63) is 34.6 Å². The van der Waals surface area contributed by atoms with E-state index in [0.29, 0.717) is 13.1 Å². The number of rotatable bonds is 3. The van der Waals surface area contributed by atoms with Gasteiger partial charge in [-0.1, -0.05) is 24.4 Å². The Kier molecular flexibility index (Phi) is 6.17. The van der Waals surface area contributed by atoms with Crippen molar-refractivity contribution in [2.75, 3.05) is 39.3 Å². The molecule has 0 unspecified atom stereocenters. The lowest BCUT2D eigenvalue weighted by atomic mass is 10.1. The smallest absolute Gasteiger partial charge is 0.282 e. The maximum Gasteiger partial charge on any atom is 0.282 e. The first kappa shape index (κ1) is 19.5. The Bertz CT molecular complexity index is 759. The first-order valence-electron chi connectivity index (χ1n) is 8.89. The van der Waals surface area contributed by atoms with E-state index in [1.54, 1.807) is 4.31 Å². The molecular formula is C17H23ClFN3O3S. The summed E-state index contributed by atoms with van der Waals surface area (Å²) in [7, 11) is -3.50. The van der Waals surface area contributed by atoms with Crippen molar-refractivity contribution in [3.8, 4) is 0 Å². The van der Waals surface area contributed by atoms with Crippen molar-refractivity contribution in [1.29, 1.82) is 0 Å². The molecule has 144 valence electrons. The van der Waals surface area contributed by atoms with Crippen LogP contribution < -0.4 is 0 Å². The van der Waals surface area contributed by atoms with Crippen LogP contribution in [0.1, 0.15) is 36.0 Å². The number of piperazine rings is 1. The van der Waals surface area contributed by atoms with Crippen molar-refractivity contribution in [2.45, 2.75) is 25.7 Å². The topological polar surface area (TPSA) is 60.9 Å². The average molecular weight is 404 g/mol. The Labute approximate surface area is 158 Å². The molecule has 2 saturated heterocycles. The number of halogens is 2. The van der Waals surface area contributed by atoms with Crippen LogP contribution in [0, 0.1) is 5.82 Å². The number of hydrogen-bond acceptors (Lipinski definition) is 3. The highest BCUT2D eigenvalue weighted by Gasteiger charge is 2.34. The van der Waals surface area contributed by atoms with Crippen molar-refractivity contribution in [1.82, 2.24) is 13.5 Å². The van der Waals surface area contributed by atoms with Gasteiger partial charge in [0.1, 0.15) is 5.82 Å². The van der Waals surface area contributed by atoms with E-state index >= 15 is 0 Å². The zero-order valence-corrected chi connectivity index (χ0v) is 16.1. The quantitative estimate of drug-likeness (QED) is 0.778. The van der Waals surface area contributed by atoms with Gasteiger partial charge in [-0.3, -0.25) is 4.79 Å². The lowest BCUT2D eigenvalue weighted by Crippen LogP contribution is -2.54. The predicted octanol–water partition coefficient (Wildman–Crippen LogP) is 2.36. The lowest BCUT2D eigenvalue weighted by Gasteiger charge is -2.36. The van der Waals surface area contributed by atoms with E-state index in [0.717, 1.165) is 31.7 Å². The van der Waals surface area contributed by atoms with E-state index in [9.17, 15) is 17.6 Å². The molecule has 0 atom stereocenters. The van der Waals surface area contributed by atoms with Crippen molar-refractivity contribution in [2.24, 2.45) is 0 Å². The molecule has 3 rings (SSSR count). The molecule has 2 aliphatic rings. The van der Waals surface area contributed by atoms with Crippen LogP contribution in [0.25, 0.3) is 0 Å². The van der Waals surface area contributed by atoms with E-state index in [2.05, 4.69) is 0 Å². The fraction of sp³-hybridized carbons (Fsp3) is 0.588. The molecule has 2 heterocycles. The summed E-state index contributed by atoms with van der Waals surface area (Å²) >= 11 is 5.85. The summed E-state index contributed by atoms with van der Waals surface area (Å²) in [6.45, 7) is 2.00. The molecule has 6 nitrogen and oxygen atoms in total. The summed E-state index contributed by atoms with van der Waals surface area (Å²) in [5, 5.41) is 0.289. The molecule has 0 N–H and O–H groups in total. The first-order chi connectivity index (χ1) is 12.4. The van der Waals surface area contributed by atoms with Gasteiger partial charge in [0.25, 0.3) is 16.1 Å². The van der Waals surface area contributed by atoms with Crippen LogP contribution in [0.5, 0.6) is 0 Å². The van der Waals surface area contributed by atoms with Gasteiger partial charge in [0.15, 0.2) is 0 Å². The van der Waals surface area contributed by atoms with Crippen LogP contribution >= 0.6 is 11.6 Å². The minimum absolute atomic E-state index is 0.0821. The lowest BCUT2D eigenvalue weighted by molar-refractivity contribution is 0.0689. The van der Waals surface area contributed by atoms with Crippen LogP contribution in [-0.2, 0) is 10.2 Å². The van der Waals surface area contributed by atoms with E-state index < -0.39 is 21.9 Å². The fourth-order valence-electron chi connectivity index (χ4n) is 3.39. The molecule has 1 aromatic rings. The number of carbonyl (C=O) groups excluding carboxylic acids is 1. The summed E-state index contributed by atoms with van der Waals surface area (Å²) < 4.78 is 42.5. The van der Waals surface area contributed by atoms with E-state index in [4.69, 9.17) is 11.6 Å². The van der Waals surface area contributed by atoms with Gasteiger partial charge in [0.2, 0.25) is 0 Å². The van der Waals surface area contributed by atoms with Crippen molar-refractivity contribution in [3.63, 3.8) is 0 Å². The number of hydrogen-bond donors (Lipinski definition) is 0. The van der Waals surface area contributed by atoms with Gasteiger partial charge in [-0.15, -0.1) is 0 Å². The molecule has 2 aliphatic heterocycles. The van der Waals surface area contributed by atoms with E-state index in [1.807, 2.05) is 0 Å². The molecule has 0 spiro atoms. The largest absolute Gasteiger partial charge is 0.336 e. The van der Waals surface area contributed by atoms with Gasteiger partial charge >= 0.3 is 0 Å². The molecule has 0 aliphatic carbocycles. The molecule has 0 aromatic heterocycles.